The summed E-state index contributed by atoms with van der Waals surface area (Å²) in [6.45, 7) is 0. The molecule has 0 fully saturated rings. The third-order valence-corrected chi connectivity index (χ3v) is 0.829. The van der Waals surface area contributed by atoms with Crippen molar-refractivity contribution in [3.8, 4) is 0 Å². The van der Waals surface area contributed by atoms with E-state index in [2.05, 4.69) is 5.29 Å². The smallest absolute Gasteiger partial charge is 0.0664 e. The Kier molecular flexibility index (Phi) is 2.46. The van der Waals surface area contributed by atoms with Crippen molar-refractivity contribution >= 4 is 11.3 Å². The fourth-order valence-electron chi connectivity index (χ4n) is 0.0272. The normalized spacial score (nSPS) is 12.9. The first-order valence-corrected chi connectivity index (χ1v) is 2.38. The van der Waals surface area contributed by atoms with Crippen molar-refractivity contribution in [2.24, 2.45) is 5.29 Å². The minimum atomic E-state index is -2.51. The lowest BCUT2D eigenvalue weighted by atomic mass is 11.5. The summed E-state index contributed by atoms with van der Waals surface area (Å²) in [6.07, 6.45) is 0. The van der Waals surface area contributed by atoms with E-state index in [1.165, 1.54) is 0 Å². The molecule has 0 heterocycles. The Morgan fingerprint density at radius 3 is 2.29 bits per heavy atom. The second-order valence-electron chi connectivity index (χ2n) is 0.763. The summed E-state index contributed by atoms with van der Waals surface area (Å²) in [7, 11) is 1.04. The minimum absolute atomic E-state index is 0.278. The van der Waals surface area contributed by atoms with E-state index in [-0.39, 0.29) is 4.41 Å². The molecule has 0 bridgehead atoms. The van der Waals surface area contributed by atoms with Gasteiger partial charge in [0, 0.05) is 7.05 Å². The quantitative estimate of drug-likeness (QED) is 0.279. The third-order valence-electron chi connectivity index (χ3n) is 0.331. The lowest BCUT2D eigenvalue weighted by Crippen LogP contribution is -2.11. The van der Waals surface area contributed by atoms with Crippen LogP contribution in [0.5, 0.6) is 0 Å². The van der Waals surface area contributed by atoms with Crippen LogP contribution in [-0.2, 0) is 11.3 Å². The number of hydrogen-bond donors (Lipinski definition) is 0. The average molecular weight is 123 g/mol. The van der Waals surface area contributed by atoms with Gasteiger partial charge in [-0.2, -0.15) is 4.41 Å². The number of nitroso groups, excluding NO2 is 1. The standard InChI is InChI=1S/CH4N2O3S/c1-3(2-4)7(5)6/h1H3,(H,5,6)/p-1. The van der Waals surface area contributed by atoms with Crippen molar-refractivity contribution in [1.29, 1.82) is 0 Å². The zero-order valence-electron chi connectivity index (χ0n) is 3.53. The molecule has 7 heavy (non-hydrogen) atoms. The Morgan fingerprint density at radius 1 is 1.86 bits per heavy atom. The molecule has 0 aliphatic heterocycles. The minimum Gasteiger partial charge on any atom is -0.754 e. The second kappa shape index (κ2) is 2.64. The van der Waals surface area contributed by atoms with Gasteiger partial charge in [0.1, 0.15) is 0 Å². The van der Waals surface area contributed by atoms with Gasteiger partial charge in [0.05, 0.1) is 16.6 Å². The van der Waals surface area contributed by atoms with Gasteiger partial charge in [-0.05, 0) is 0 Å². The van der Waals surface area contributed by atoms with Crippen LogP contribution in [0.4, 0.5) is 0 Å². The van der Waals surface area contributed by atoms with Gasteiger partial charge in [-0.1, -0.05) is 0 Å². The summed E-state index contributed by atoms with van der Waals surface area (Å²) in [5, 5.41) is 2.06. The van der Waals surface area contributed by atoms with Crippen LogP contribution in [0, 0.1) is 4.91 Å². The Labute approximate surface area is 42.7 Å². The molecule has 1 unspecified atom stereocenters. The molecule has 0 aliphatic rings. The Bertz CT molecular complexity index is 92.9. The molecular formula is CH3N2O3S-. The zero-order valence-corrected chi connectivity index (χ0v) is 4.34. The number of nitrogens with zero attached hydrogens (tertiary/aromatic N) is 2. The first-order chi connectivity index (χ1) is 3.18. The van der Waals surface area contributed by atoms with Crippen molar-refractivity contribution in [1.82, 2.24) is 4.41 Å². The average Bonchev–Trinajstić information content (AvgIpc) is 1.65. The maximum atomic E-state index is 9.56. The summed E-state index contributed by atoms with van der Waals surface area (Å²) in [5.74, 6) is 0. The van der Waals surface area contributed by atoms with Crippen molar-refractivity contribution in [2.75, 3.05) is 7.05 Å². The summed E-state index contributed by atoms with van der Waals surface area (Å²) in [4.78, 5) is 9.23. The van der Waals surface area contributed by atoms with Gasteiger partial charge < -0.3 is 4.55 Å². The van der Waals surface area contributed by atoms with Crippen molar-refractivity contribution in [3.05, 3.63) is 4.91 Å². The van der Waals surface area contributed by atoms with E-state index in [9.17, 15) is 13.7 Å². The molecule has 0 aliphatic carbocycles. The van der Waals surface area contributed by atoms with Crippen LogP contribution < -0.4 is 0 Å². The molecule has 0 saturated heterocycles. The largest absolute Gasteiger partial charge is 0.754 e. The highest BCUT2D eigenvalue weighted by molar-refractivity contribution is 7.76. The molecule has 0 aromatic heterocycles. The highest BCUT2D eigenvalue weighted by Crippen LogP contribution is 1.82. The van der Waals surface area contributed by atoms with Crippen molar-refractivity contribution in [2.45, 2.75) is 0 Å². The van der Waals surface area contributed by atoms with Gasteiger partial charge in [0.2, 0.25) is 0 Å². The van der Waals surface area contributed by atoms with Gasteiger partial charge in [-0.25, -0.2) is 0 Å². The summed E-state index contributed by atoms with van der Waals surface area (Å²) in [6, 6.07) is 0. The van der Waals surface area contributed by atoms with Gasteiger partial charge >= 0.3 is 0 Å². The molecule has 0 aromatic carbocycles. The lowest BCUT2D eigenvalue weighted by molar-refractivity contribution is 0.444. The lowest BCUT2D eigenvalue weighted by Gasteiger charge is -2.08. The van der Waals surface area contributed by atoms with E-state index in [1.54, 1.807) is 0 Å². The summed E-state index contributed by atoms with van der Waals surface area (Å²) >= 11 is -2.51. The Morgan fingerprint density at radius 2 is 2.29 bits per heavy atom. The monoisotopic (exact) mass is 123 g/mol. The molecule has 0 amide bonds. The van der Waals surface area contributed by atoms with Crippen LogP contribution >= 0.6 is 0 Å². The first-order valence-electron chi connectivity index (χ1n) is 1.35. The molecule has 6 heteroatoms. The van der Waals surface area contributed by atoms with E-state index in [0.29, 0.717) is 0 Å². The van der Waals surface area contributed by atoms with Gasteiger partial charge in [-0.3, -0.25) is 4.21 Å². The highest BCUT2D eigenvalue weighted by Gasteiger charge is 1.86. The number of rotatable bonds is 2. The van der Waals surface area contributed by atoms with Crippen LogP contribution in [0.2, 0.25) is 0 Å². The molecule has 1 atom stereocenters. The molecule has 0 radical (unpaired) electrons. The molecule has 0 rings (SSSR count). The highest BCUT2D eigenvalue weighted by atomic mass is 32.2. The predicted octanol–water partition coefficient (Wildman–Crippen LogP) is -0.606. The van der Waals surface area contributed by atoms with E-state index in [4.69, 9.17) is 0 Å². The Hall–Kier alpha value is -0.490. The predicted molar refractivity (Wildman–Crippen MR) is 22.5 cm³/mol. The molecule has 0 spiro atoms. The van der Waals surface area contributed by atoms with E-state index < -0.39 is 11.3 Å². The Balaban J connectivity index is 3.55. The molecule has 0 N–H and O–H groups in total. The molecule has 5 nitrogen and oxygen atoms in total. The SMILES string of the molecule is CN(N=O)S(=O)[O-]. The topological polar surface area (TPSA) is 72.8 Å². The van der Waals surface area contributed by atoms with E-state index >= 15 is 0 Å². The summed E-state index contributed by atoms with van der Waals surface area (Å²) in [5.41, 5.74) is 0. The van der Waals surface area contributed by atoms with Crippen LogP contribution in [0.25, 0.3) is 0 Å². The molecule has 0 saturated carbocycles. The molecule has 42 valence electrons. The van der Waals surface area contributed by atoms with Crippen LogP contribution in [0.15, 0.2) is 5.29 Å². The van der Waals surface area contributed by atoms with Crippen molar-refractivity contribution < 1.29 is 8.76 Å². The van der Waals surface area contributed by atoms with Crippen LogP contribution in [0.3, 0.4) is 0 Å². The summed E-state index contributed by atoms with van der Waals surface area (Å²) < 4.78 is 19.4. The number of hydrogen-bond acceptors (Lipinski definition) is 4. The first kappa shape index (κ1) is 6.51. The maximum absolute atomic E-state index is 9.56. The zero-order chi connectivity index (χ0) is 5.86. The van der Waals surface area contributed by atoms with Gasteiger partial charge in [0.25, 0.3) is 0 Å². The van der Waals surface area contributed by atoms with Gasteiger partial charge in [-0.15, -0.1) is 4.91 Å². The van der Waals surface area contributed by atoms with E-state index in [1.807, 2.05) is 0 Å². The van der Waals surface area contributed by atoms with Crippen LogP contribution in [0.1, 0.15) is 0 Å². The maximum Gasteiger partial charge on any atom is 0.0664 e. The molecular weight excluding hydrogens is 120 g/mol. The van der Waals surface area contributed by atoms with E-state index in [0.717, 1.165) is 7.05 Å². The second-order valence-corrected chi connectivity index (χ2v) is 1.73. The van der Waals surface area contributed by atoms with Crippen molar-refractivity contribution in [3.63, 3.8) is 0 Å². The molecule has 0 aromatic rings. The van der Waals surface area contributed by atoms with Gasteiger partial charge in [0.15, 0.2) is 0 Å². The van der Waals surface area contributed by atoms with Crippen LogP contribution in [-0.4, -0.2) is 20.2 Å². The fourth-order valence-corrected chi connectivity index (χ4v) is 0.0816. The third kappa shape index (κ3) is 2.24. The fraction of sp³-hybridized carbons (Fsp3) is 1.00.